The van der Waals surface area contributed by atoms with E-state index in [0.29, 0.717) is 0 Å². The van der Waals surface area contributed by atoms with Crippen molar-refractivity contribution >= 4 is 64.4 Å². The third-order valence-electron chi connectivity index (χ3n) is 6.48. The molecule has 7 aromatic rings. The summed E-state index contributed by atoms with van der Waals surface area (Å²) in [6.07, 6.45) is 3.88. The van der Waals surface area contributed by atoms with Gasteiger partial charge in [-0.25, -0.2) is 0 Å². The van der Waals surface area contributed by atoms with E-state index in [1.54, 1.807) is 0 Å². The maximum atomic E-state index is 4.65. The van der Waals surface area contributed by atoms with Crippen LogP contribution in [0.4, 0.5) is 0 Å². The van der Waals surface area contributed by atoms with E-state index in [-0.39, 0.29) is 0 Å². The van der Waals surface area contributed by atoms with Gasteiger partial charge in [-0.05, 0) is 70.8 Å². The Bertz CT molecular complexity index is 1720. The summed E-state index contributed by atoms with van der Waals surface area (Å²) in [6, 6.07) is 26.7. The van der Waals surface area contributed by atoms with Gasteiger partial charge in [-0.1, -0.05) is 48.5 Å². The number of nitrogens with zero attached hydrogens (tertiary/aromatic N) is 2. The van der Waals surface area contributed by atoms with Crippen LogP contribution in [0.25, 0.3) is 62.9 Å². The van der Waals surface area contributed by atoms with E-state index in [1.807, 2.05) is 35.1 Å². The lowest BCUT2D eigenvalue weighted by atomic mass is 10.00. The van der Waals surface area contributed by atoms with Crippen molar-refractivity contribution in [3.63, 3.8) is 0 Å². The van der Waals surface area contributed by atoms with Gasteiger partial charge in [0.15, 0.2) is 0 Å². The molecule has 0 atom stereocenters. The van der Waals surface area contributed by atoms with Crippen LogP contribution in [0.3, 0.4) is 0 Å². The van der Waals surface area contributed by atoms with Crippen LogP contribution in [0.2, 0.25) is 0 Å². The van der Waals surface area contributed by atoms with E-state index in [1.165, 1.54) is 62.6 Å². The van der Waals surface area contributed by atoms with Crippen LogP contribution in [0.5, 0.6) is 0 Å². The molecule has 0 saturated carbocycles. The van der Waals surface area contributed by atoms with Crippen molar-refractivity contribution in [1.29, 1.82) is 0 Å². The number of hydrogen-bond donors (Lipinski definition) is 0. The molecule has 2 nitrogen and oxygen atoms in total. The van der Waals surface area contributed by atoms with Crippen LogP contribution in [0, 0.1) is 13.8 Å². The molecule has 0 spiro atoms. The Labute approximate surface area is 205 Å². The van der Waals surface area contributed by atoms with Crippen LogP contribution in [-0.2, 0) is 0 Å². The Morgan fingerprint density at radius 1 is 0.500 bits per heavy atom. The Morgan fingerprint density at radius 2 is 0.941 bits per heavy atom. The summed E-state index contributed by atoms with van der Waals surface area (Å²) in [5.41, 5.74) is 4.45. The van der Waals surface area contributed by atoms with Crippen LogP contribution in [-0.4, -0.2) is 9.97 Å². The highest BCUT2D eigenvalue weighted by atomic mass is 32.1. The topological polar surface area (TPSA) is 25.8 Å². The number of aryl methyl sites for hydroxylation is 2. The van der Waals surface area contributed by atoms with Gasteiger partial charge < -0.3 is 0 Å². The van der Waals surface area contributed by atoms with Gasteiger partial charge in [0.05, 0.1) is 21.1 Å². The summed E-state index contributed by atoms with van der Waals surface area (Å²) in [6.45, 7) is 4.15. The fraction of sp³-hybridized carbons (Fsp3) is 0.0667. The van der Waals surface area contributed by atoms with E-state index < -0.39 is 0 Å². The van der Waals surface area contributed by atoms with Gasteiger partial charge in [-0.15, -0.1) is 22.7 Å². The second-order valence-electron chi connectivity index (χ2n) is 8.89. The average molecular weight is 473 g/mol. The monoisotopic (exact) mass is 472 g/mol. The zero-order valence-electron chi connectivity index (χ0n) is 18.8. The highest BCUT2D eigenvalue weighted by molar-refractivity contribution is 7.23. The standard InChI is InChI=1S/C30H20N2S2/c1-17-3-11-25(31-15-17)27-13-19-5-7-21-22-8-6-20-14-28(26-12-4-18(2)16-32-26)34-30(20)24(22)10-9-23(21)29(19)33-27/h3-16H,1-2H3. The fourth-order valence-electron chi connectivity index (χ4n) is 4.70. The summed E-state index contributed by atoms with van der Waals surface area (Å²) < 4.78 is 2.65. The van der Waals surface area contributed by atoms with Gasteiger partial charge in [0.2, 0.25) is 0 Å². The number of fused-ring (bicyclic) bond motifs is 7. The van der Waals surface area contributed by atoms with Gasteiger partial charge in [-0.2, -0.15) is 0 Å². The van der Waals surface area contributed by atoms with Crippen molar-refractivity contribution in [3.8, 4) is 21.1 Å². The molecular weight excluding hydrogens is 452 g/mol. The van der Waals surface area contributed by atoms with Crippen LogP contribution >= 0.6 is 22.7 Å². The summed E-state index contributed by atoms with van der Waals surface area (Å²) in [5.74, 6) is 0. The number of benzene rings is 3. The first kappa shape index (κ1) is 19.8. The summed E-state index contributed by atoms with van der Waals surface area (Å²) in [5, 5.41) is 7.79. The summed E-state index contributed by atoms with van der Waals surface area (Å²) in [4.78, 5) is 11.7. The van der Waals surface area contributed by atoms with Gasteiger partial charge in [0, 0.05) is 32.6 Å². The molecule has 0 saturated heterocycles. The third-order valence-corrected chi connectivity index (χ3v) is 8.90. The molecule has 0 aliphatic rings. The first-order valence-electron chi connectivity index (χ1n) is 11.3. The number of pyridine rings is 2. The van der Waals surface area contributed by atoms with Gasteiger partial charge in [0.1, 0.15) is 0 Å². The molecule has 0 N–H and O–H groups in total. The normalized spacial score (nSPS) is 11.8. The lowest BCUT2D eigenvalue weighted by Crippen LogP contribution is -1.79. The van der Waals surface area contributed by atoms with E-state index in [4.69, 9.17) is 0 Å². The maximum Gasteiger partial charge on any atom is 0.0802 e. The van der Waals surface area contributed by atoms with E-state index in [0.717, 1.165) is 11.4 Å². The zero-order valence-corrected chi connectivity index (χ0v) is 20.4. The number of thiophene rings is 2. The van der Waals surface area contributed by atoms with Crippen molar-refractivity contribution in [1.82, 2.24) is 9.97 Å². The Balaban J connectivity index is 1.43. The molecule has 0 unspecified atom stereocenters. The van der Waals surface area contributed by atoms with E-state index in [9.17, 15) is 0 Å². The summed E-state index contributed by atoms with van der Waals surface area (Å²) >= 11 is 3.66. The van der Waals surface area contributed by atoms with Gasteiger partial charge in [0.25, 0.3) is 0 Å². The molecular formula is C30H20N2S2. The van der Waals surface area contributed by atoms with Crippen molar-refractivity contribution in [2.24, 2.45) is 0 Å². The smallest absolute Gasteiger partial charge is 0.0802 e. The molecule has 4 heterocycles. The predicted octanol–water partition coefficient (Wildman–Crippen LogP) is 9.16. The van der Waals surface area contributed by atoms with Crippen molar-refractivity contribution in [2.45, 2.75) is 13.8 Å². The molecule has 4 aromatic heterocycles. The maximum absolute atomic E-state index is 4.65. The zero-order chi connectivity index (χ0) is 22.8. The molecule has 3 aromatic carbocycles. The van der Waals surface area contributed by atoms with Crippen molar-refractivity contribution in [2.75, 3.05) is 0 Å². The molecule has 0 amide bonds. The third kappa shape index (κ3) is 3.07. The molecule has 34 heavy (non-hydrogen) atoms. The minimum Gasteiger partial charge on any atom is -0.255 e. The molecule has 7 rings (SSSR count). The molecule has 0 bridgehead atoms. The van der Waals surface area contributed by atoms with Crippen LogP contribution in [0.1, 0.15) is 11.1 Å². The van der Waals surface area contributed by atoms with Crippen LogP contribution in [0.15, 0.2) is 85.2 Å². The summed E-state index contributed by atoms with van der Waals surface area (Å²) in [7, 11) is 0. The largest absolute Gasteiger partial charge is 0.255 e. The second kappa shape index (κ2) is 7.45. The lowest BCUT2D eigenvalue weighted by Gasteiger charge is -2.06. The highest BCUT2D eigenvalue weighted by Gasteiger charge is 2.13. The minimum atomic E-state index is 1.04. The van der Waals surface area contributed by atoms with Gasteiger partial charge >= 0.3 is 0 Å². The number of rotatable bonds is 2. The SMILES string of the molecule is Cc1ccc(-c2cc3ccc4c5ccc6cc(-c7ccc(C)cn7)sc6c5ccc4c3s2)nc1. The quantitative estimate of drug-likeness (QED) is 0.234. The molecule has 0 radical (unpaired) electrons. The Kier molecular flexibility index (Phi) is 4.35. The molecule has 4 heteroatoms. The van der Waals surface area contributed by atoms with Crippen LogP contribution < -0.4 is 0 Å². The first-order valence-corrected chi connectivity index (χ1v) is 12.9. The minimum absolute atomic E-state index is 1.04. The molecule has 162 valence electrons. The Hall–Kier alpha value is -3.60. The Morgan fingerprint density at radius 3 is 1.35 bits per heavy atom. The highest BCUT2D eigenvalue weighted by Crippen LogP contribution is 2.42. The van der Waals surface area contributed by atoms with Gasteiger partial charge in [-0.3, -0.25) is 9.97 Å². The first-order chi connectivity index (χ1) is 16.6. The number of aromatic nitrogens is 2. The average Bonchev–Trinajstić information content (AvgIpc) is 3.49. The fourth-order valence-corrected chi connectivity index (χ4v) is 7.02. The second-order valence-corrected chi connectivity index (χ2v) is 11.0. The van der Waals surface area contributed by atoms with E-state index in [2.05, 4.69) is 96.6 Å². The molecule has 0 aliphatic heterocycles. The number of hydrogen-bond acceptors (Lipinski definition) is 4. The lowest BCUT2D eigenvalue weighted by molar-refractivity contribution is 1.28. The molecule has 0 aliphatic carbocycles. The predicted molar refractivity (Wildman–Crippen MR) is 148 cm³/mol. The van der Waals surface area contributed by atoms with Crippen molar-refractivity contribution < 1.29 is 0 Å². The molecule has 0 fully saturated rings. The van der Waals surface area contributed by atoms with E-state index >= 15 is 0 Å². The van der Waals surface area contributed by atoms with Crippen molar-refractivity contribution in [3.05, 3.63) is 96.3 Å².